The second-order valence-corrected chi connectivity index (χ2v) is 7.56. The fraction of sp³-hybridized carbons (Fsp3) is 0.320. The van der Waals surface area contributed by atoms with Crippen LogP contribution in [-0.2, 0) is 6.42 Å². The second-order valence-electron chi connectivity index (χ2n) is 7.56. The Kier molecular flexibility index (Phi) is 5.95. The molecule has 0 radical (unpaired) electrons. The van der Waals surface area contributed by atoms with E-state index in [1.165, 1.54) is 5.56 Å². The molecule has 140 valence electrons. The van der Waals surface area contributed by atoms with Crippen molar-refractivity contribution in [3.8, 4) is 0 Å². The van der Waals surface area contributed by atoms with Gasteiger partial charge < -0.3 is 0 Å². The summed E-state index contributed by atoms with van der Waals surface area (Å²) in [5.41, 5.74) is 5.98. The third-order valence-electron chi connectivity index (χ3n) is 5.52. The van der Waals surface area contributed by atoms with Gasteiger partial charge in [0.25, 0.3) is 0 Å². The Morgan fingerprint density at radius 3 is 2.30 bits per heavy atom. The molecule has 2 aromatic rings. The molecular formula is C25H30N2. The number of rotatable bonds is 6. The smallest absolute Gasteiger partial charge is 0.0655 e. The van der Waals surface area contributed by atoms with E-state index in [9.17, 15) is 0 Å². The van der Waals surface area contributed by atoms with Gasteiger partial charge in [-0.25, -0.2) is 5.01 Å². The van der Waals surface area contributed by atoms with Crippen molar-refractivity contribution in [3.63, 3.8) is 0 Å². The Bertz CT molecular complexity index is 844. The lowest BCUT2D eigenvalue weighted by atomic mass is 9.81. The van der Waals surface area contributed by atoms with Gasteiger partial charge in [0.1, 0.15) is 0 Å². The van der Waals surface area contributed by atoms with Crippen LogP contribution in [0.1, 0.15) is 51.7 Å². The van der Waals surface area contributed by atoms with E-state index >= 15 is 0 Å². The van der Waals surface area contributed by atoms with Crippen LogP contribution >= 0.6 is 0 Å². The lowest BCUT2D eigenvalue weighted by Gasteiger charge is -2.30. The van der Waals surface area contributed by atoms with Gasteiger partial charge in [0.05, 0.1) is 17.1 Å². The Hall–Kier alpha value is -2.61. The molecule has 0 aliphatic heterocycles. The van der Waals surface area contributed by atoms with Crippen LogP contribution in [0, 0.1) is 5.41 Å². The molecule has 0 N–H and O–H groups in total. The van der Waals surface area contributed by atoms with E-state index in [-0.39, 0.29) is 5.41 Å². The van der Waals surface area contributed by atoms with E-state index in [1.54, 1.807) is 0 Å². The first-order valence-corrected chi connectivity index (χ1v) is 9.94. The number of aryl methyl sites for hydroxylation is 1. The zero-order valence-corrected chi connectivity index (χ0v) is 16.9. The van der Waals surface area contributed by atoms with Crippen LogP contribution in [0.5, 0.6) is 0 Å². The van der Waals surface area contributed by atoms with Crippen molar-refractivity contribution in [2.45, 2.75) is 47.0 Å². The third-order valence-corrected chi connectivity index (χ3v) is 5.52. The number of allylic oxidation sites excluding steroid dienone is 3. The number of nitrogens with zero attached hydrogens (tertiary/aromatic N) is 2. The lowest BCUT2D eigenvalue weighted by molar-refractivity contribution is 0.411. The van der Waals surface area contributed by atoms with Crippen molar-refractivity contribution in [2.24, 2.45) is 10.5 Å². The maximum absolute atomic E-state index is 5.00. The number of anilines is 1. The molecule has 0 amide bonds. The van der Waals surface area contributed by atoms with E-state index in [0.717, 1.165) is 41.9 Å². The van der Waals surface area contributed by atoms with Gasteiger partial charge in [-0.15, -0.1) is 0 Å². The van der Waals surface area contributed by atoms with Gasteiger partial charge in [0, 0.05) is 0 Å². The van der Waals surface area contributed by atoms with E-state index in [0.29, 0.717) is 0 Å². The first-order valence-electron chi connectivity index (χ1n) is 9.94. The summed E-state index contributed by atoms with van der Waals surface area (Å²) in [7, 11) is 0. The van der Waals surface area contributed by atoms with Crippen molar-refractivity contribution < 1.29 is 0 Å². The number of hydrogen-bond acceptors (Lipinski definition) is 2. The molecule has 3 rings (SSSR count). The van der Waals surface area contributed by atoms with E-state index in [1.807, 2.05) is 6.07 Å². The van der Waals surface area contributed by atoms with Crippen molar-refractivity contribution in [3.05, 3.63) is 89.6 Å². The molecule has 0 bridgehead atoms. The highest BCUT2D eigenvalue weighted by atomic mass is 15.5. The van der Waals surface area contributed by atoms with Crippen LogP contribution in [0.25, 0.3) is 0 Å². The molecule has 1 atom stereocenters. The van der Waals surface area contributed by atoms with Crippen LogP contribution in [-0.4, -0.2) is 5.71 Å². The minimum Gasteiger partial charge on any atom is -0.234 e. The SMILES string of the molecule is CCc1ccc(N(N=C(C)c2ccccc2)C2=CCC(C)(CC)C=C2)cc1. The van der Waals surface area contributed by atoms with E-state index < -0.39 is 0 Å². The zero-order chi connectivity index (χ0) is 19.3. The van der Waals surface area contributed by atoms with Gasteiger partial charge in [-0.3, -0.25) is 0 Å². The molecule has 2 aromatic carbocycles. The molecule has 0 aromatic heterocycles. The standard InChI is InChI=1S/C25H30N2/c1-5-21-12-14-23(15-13-21)27(24-16-18-25(4,6-2)19-17-24)26-20(3)22-10-8-7-9-11-22/h7-18H,5-6,19H2,1-4H3. The van der Waals surface area contributed by atoms with Gasteiger partial charge in [-0.05, 0) is 60.9 Å². The maximum atomic E-state index is 5.00. The van der Waals surface area contributed by atoms with Crippen LogP contribution in [0.2, 0.25) is 0 Å². The van der Waals surface area contributed by atoms with E-state index in [4.69, 9.17) is 5.10 Å². The molecule has 27 heavy (non-hydrogen) atoms. The Labute approximate surface area is 163 Å². The Morgan fingerprint density at radius 1 is 1.04 bits per heavy atom. The Balaban J connectivity index is 1.98. The molecule has 0 saturated carbocycles. The minimum absolute atomic E-state index is 0.249. The van der Waals surface area contributed by atoms with Gasteiger partial charge in [0.2, 0.25) is 0 Å². The predicted molar refractivity (Wildman–Crippen MR) is 117 cm³/mol. The highest BCUT2D eigenvalue weighted by Crippen LogP contribution is 2.34. The summed E-state index contributed by atoms with van der Waals surface area (Å²) in [6.07, 6.45) is 10.1. The average Bonchev–Trinajstić information content (AvgIpc) is 2.73. The molecule has 0 saturated heterocycles. The third kappa shape index (κ3) is 4.57. The first kappa shape index (κ1) is 19.2. The predicted octanol–water partition coefficient (Wildman–Crippen LogP) is 6.74. The van der Waals surface area contributed by atoms with Gasteiger partial charge in [0.15, 0.2) is 0 Å². The van der Waals surface area contributed by atoms with E-state index in [2.05, 4.69) is 99.5 Å². The Morgan fingerprint density at radius 2 is 1.74 bits per heavy atom. The van der Waals surface area contributed by atoms with Crippen molar-refractivity contribution in [1.29, 1.82) is 0 Å². The number of hydrogen-bond donors (Lipinski definition) is 0. The summed E-state index contributed by atoms with van der Waals surface area (Å²) >= 11 is 0. The number of benzene rings is 2. The van der Waals surface area contributed by atoms with Crippen LogP contribution in [0.3, 0.4) is 0 Å². The molecule has 1 aliphatic rings. The summed E-state index contributed by atoms with van der Waals surface area (Å²) in [4.78, 5) is 0. The molecule has 0 spiro atoms. The first-order chi connectivity index (χ1) is 13.0. The van der Waals surface area contributed by atoms with Crippen LogP contribution in [0.4, 0.5) is 5.69 Å². The fourth-order valence-electron chi connectivity index (χ4n) is 3.20. The molecular weight excluding hydrogens is 328 g/mol. The normalized spacial score (nSPS) is 19.7. The van der Waals surface area contributed by atoms with Gasteiger partial charge in [-0.1, -0.05) is 75.4 Å². The minimum atomic E-state index is 0.249. The molecule has 2 heteroatoms. The summed E-state index contributed by atoms with van der Waals surface area (Å²) in [5, 5.41) is 7.08. The average molecular weight is 359 g/mol. The molecule has 1 aliphatic carbocycles. The largest absolute Gasteiger partial charge is 0.234 e. The van der Waals surface area contributed by atoms with Crippen LogP contribution in [0.15, 0.2) is 83.6 Å². The zero-order valence-electron chi connectivity index (χ0n) is 16.9. The highest BCUT2D eigenvalue weighted by Gasteiger charge is 2.22. The van der Waals surface area contributed by atoms with Crippen molar-refractivity contribution in [2.75, 3.05) is 5.01 Å². The monoisotopic (exact) mass is 358 g/mol. The fourth-order valence-corrected chi connectivity index (χ4v) is 3.20. The second kappa shape index (κ2) is 8.39. The topological polar surface area (TPSA) is 15.6 Å². The lowest BCUT2D eigenvalue weighted by Crippen LogP contribution is -2.22. The summed E-state index contributed by atoms with van der Waals surface area (Å²) in [5.74, 6) is 0. The van der Waals surface area contributed by atoms with Crippen molar-refractivity contribution in [1.82, 2.24) is 0 Å². The summed E-state index contributed by atoms with van der Waals surface area (Å²) in [6.45, 7) is 8.83. The number of hydrazone groups is 1. The molecule has 1 unspecified atom stereocenters. The quantitative estimate of drug-likeness (QED) is 0.412. The molecule has 0 heterocycles. The summed E-state index contributed by atoms with van der Waals surface area (Å²) < 4.78 is 0. The molecule has 0 fully saturated rings. The summed E-state index contributed by atoms with van der Waals surface area (Å²) in [6, 6.07) is 19.1. The van der Waals surface area contributed by atoms with Gasteiger partial charge in [-0.2, -0.15) is 5.10 Å². The maximum Gasteiger partial charge on any atom is 0.0655 e. The highest BCUT2D eigenvalue weighted by molar-refractivity contribution is 5.99. The van der Waals surface area contributed by atoms with Gasteiger partial charge >= 0.3 is 0 Å². The van der Waals surface area contributed by atoms with Crippen LogP contribution < -0.4 is 5.01 Å². The molecule has 2 nitrogen and oxygen atoms in total. The van der Waals surface area contributed by atoms with Crippen molar-refractivity contribution >= 4 is 11.4 Å².